The van der Waals surface area contributed by atoms with Crippen LogP contribution in [0.25, 0.3) is 0 Å². The number of carbonyl (C=O) groups excluding carboxylic acids is 2. The minimum absolute atomic E-state index is 0.114. The van der Waals surface area contributed by atoms with Gasteiger partial charge in [0.2, 0.25) is 5.91 Å². The van der Waals surface area contributed by atoms with Crippen molar-refractivity contribution in [2.24, 2.45) is 0 Å². The topological polar surface area (TPSA) is 71.1 Å². The molecule has 0 radical (unpaired) electrons. The fourth-order valence-electron chi connectivity index (χ4n) is 2.30. The standard InChI is InChI=1S/C22H17N3O2/c26-21(16-24-22(27)18-8-2-1-3-9-18)25-20-11-6-7-17(15-20)12-13-19-10-4-5-14-23-19/h1-11,14-15H,16H2,(H,24,27)(H,25,26). The first-order chi connectivity index (χ1) is 13.2. The lowest BCUT2D eigenvalue weighted by atomic mass is 10.2. The molecule has 3 aromatic rings. The van der Waals surface area contributed by atoms with Gasteiger partial charge in [0, 0.05) is 23.0 Å². The Hall–Kier alpha value is -3.91. The highest BCUT2D eigenvalue weighted by atomic mass is 16.2. The molecule has 2 N–H and O–H groups in total. The number of aromatic nitrogens is 1. The normalized spacial score (nSPS) is 9.63. The Morgan fingerprint density at radius 1 is 0.889 bits per heavy atom. The maximum absolute atomic E-state index is 12.1. The van der Waals surface area contributed by atoms with Crippen LogP contribution in [0.15, 0.2) is 79.0 Å². The van der Waals surface area contributed by atoms with E-state index in [-0.39, 0.29) is 18.4 Å². The second-order valence-corrected chi connectivity index (χ2v) is 5.64. The number of carbonyl (C=O) groups is 2. The number of rotatable bonds is 4. The summed E-state index contributed by atoms with van der Waals surface area (Å²) in [7, 11) is 0. The lowest BCUT2D eigenvalue weighted by Crippen LogP contribution is -2.32. The summed E-state index contributed by atoms with van der Waals surface area (Å²) in [5.41, 5.74) is 2.56. The molecular weight excluding hydrogens is 338 g/mol. The summed E-state index contributed by atoms with van der Waals surface area (Å²) in [5, 5.41) is 5.34. The molecule has 3 rings (SSSR count). The van der Waals surface area contributed by atoms with Crippen molar-refractivity contribution < 1.29 is 9.59 Å². The summed E-state index contributed by atoms with van der Waals surface area (Å²) in [4.78, 5) is 28.2. The van der Waals surface area contributed by atoms with Crippen LogP contribution in [0, 0.1) is 11.8 Å². The molecule has 0 unspecified atom stereocenters. The van der Waals surface area contributed by atoms with Gasteiger partial charge in [0.25, 0.3) is 5.91 Å². The van der Waals surface area contributed by atoms with Crippen LogP contribution < -0.4 is 10.6 Å². The molecule has 0 spiro atoms. The molecule has 1 heterocycles. The molecule has 2 amide bonds. The first-order valence-electron chi connectivity index (χ1n) is 8.37. The minimum atomic E-state index is -0.311. The zero-order valence-electron chi connectivity index (χ0n) is 14.5. The molecule has 5 nitrogen and oxygen atoms in total. The minimum Gasteiger partial charge on any atom is -0.343 e. The number of benzene rings is 2. The molecule has 2 aromatic carbocycles. The number of hydrogen-bond donors (Lipinski definition) is 2. The Bertz CT molecular complexity index is 990. The molecular formula is C22H17N3O2. The van der Waals surface area contributed by atoms with Crippen molar-refractivity contribution in [3.63, 3.8) is 0 Å². The third-order valence-electron chi connectivity index (χ3n) is 3.59. The number of anilines is 1. The highest BCUT2D eigenvalue weighted by Gasteiger charge is 2.07. The zero-order chi connectivity index (χ0) is 18.9. The lowest BCUT2D eigenvalue weighted by molar-refractivity contribution is -0.115. The van der Waals surface area contributed by atoms with E-state index in [1.807, 2.05) is 30.3 Å². The summed E-state index contributed by atoms with van der Waals surface area (Å²) < 4.78 is 0. The summed E-state index contributed by atoms with van der Waals surface area (Å²) in [6.45, 7) is -0.114. The van der Waals surface area contributed by atoms with E-state index in [4.69, 9.17) is 0 Å². The van der Waals surface area contributed by atoms with E-state index in [2.05, 4.69) is 27.5 Å². The van der Waals surface area contributed by atoms with E-state index in [9.17, 15) is 9.59 Å². The molecule has 0 aliphatic carbocycles. The molecule has 0 aliphatic rings. The Balaban J connectivity index is 1.57. The average Bonchev–Trinajstić information content (AvgIpc) is 2.72. The Kier molecular flexibility index (Phi) is 5.95. The average molecular weight is 355 g/mol. The largest absolute Gasteiger partial charge is 0.343 e. The molecule has 27 heavy (non-hydrogen) atoms. The second-order valence-electron chi connectivity index (χ2n) is 5.64. The van der Waals surface area contributed by atoms with Crippen molar-refractivity contribution >= 4 is 17.5 Å². The second kappa shape index (κ2) is 8.97. The fraction of sp³-hybridized carbons (Fsp3) is 0.0455. The number of nitrogens with one attached hydrogen (secondary N) is 2. The van der Waals surface area contributed by atoms with Crippen molar-refractivity contribution in [3.8, 4) is 11.8 Å². The van der Waals surface area contributed by atoms with Crippen LogP contribution in [-0.2, 0) is 4.79 Å². The third kappa shape index (κ3) is 5.55. The highest BCUT2D eigenvalue weighted by Crippen LogP contribution is 2.10. The smallest absolute Gasteiger partial charge is 0.251 e. The molecule has 0 aliphatic heterocycles. The van der Waals surface area contributed by atoms with Crippen molar-refractivity contribution in [1.82, 2.24) is 10.3 Å². The molecule has 1 aromatic heterocycles. The molecule has 0 bridgehead atoms. The van der Waals surface area contributed by atoms with Crippen LogP contribution >= 0.6 is 0 Å². The van der Waals surface area contributed by atoms with Crippen LogP contribution in [-0.4, -0.2) is 23.3 Å². The first-order valence-corrected chi connectivity index (χ1v) is 8.37. The van der Waals surface area contributed by atoms with Gasteiger partial charge < -0.3 is 10.6 Å². The van der Waals surface area contributed by atoms with Gasteiger partial charge in [-0.05, 0) is 48.4 Å². The molecule has 0 fully saturated rings. The predicted molar refractivity (Wildman–Crippen MR) is 104 cm³/mol. The van der Waals surface area contributed by atoms with Gasteiger partial charge in [-0.25, -0.2) is 4.98 Å². The third-order valence-corrected chi connectivity index (χ3v) is 3.59. The summed E-state index contributed by atoms with van der Waals surface area (Å²) in [6, 6.07) is 21.5. The van der Waals surface area contributed by atoms with E-state index in [1.165, 1.54) is 0 Å². The van der Waals surface area contributed by atoms with Gasteiger partial charge in [-0.3, -0.25) is 9.59 Å². The Labute approximate surface area is 157 Å². The first kappa shape index (κ1) is 17.9. The van der Waals surface area contributed by atoms with E-state index >= 15 is 0 Å². The number of nitrogens with zero attached hydrogens (tertiary/aromatic N) is 1. The zero-order valence-corrected chi connectivity index (χ0v) is 14.5. The lowest BCUT2D eigenvalue weighted by Gasteiger charge is -2.07. The molecule has 5 heteroatoms. The molecule has 0 saturated carbocycles. The fourth-order valence-corrected chi connectivity index (χ4v) is 2.30. The van der Waals surface area contributed by atoms with Crippen LogP contribution in [0.5, 0.6) is 0 Å². The molecule has 0 saturated heterocycles. The van der Waals surface area contributed by atoms with Gasteiger partial charge in [0.15, 0.2) is 0 Å². The van der Waals surface area contributed by atoms with Crippen molar-refractivity contribution in [2.75, 3.05) is 11.9 Å². The van der Waals surface area contributed by atoms with Gasteiger partial charge in [0.1, 0.15) is 5.69 Å². The summed E-state index contributed by atoms with van der Waals surface area (Å²) in [6.07, 6.45) is 1.68. The number of hydrogen-bond acceptors (Lipinski definition) is 3. The summed E-state index contributed by atoms with van der Waals surface area (Å²) in [5.74, 6) is 5.38. The SMILES string of the molecule is O=C(CNC(=O)c1ccccc1)Nc1cccc(C#Cc2ccccn2)c1. The van der Waals surface area contributed by atoms with Crippen LogP contribution in [0.4, 0.5) is 5.69 Å². The van der Waals surface area contributed by atoms with Crippen LogP contribution in [0.3, 0.4) is 0 Å². The Morgan fingerprint density at radius 2 is 1.70 bits per heavy atom. The number of pyridine rings is 1. The van der Waals surface area contributed by atoms with Gasteiger partial charge in [-0.15, -0.1) is 0 Å². The maximum atomic E-state index is 12.1. The van der Waals surface area contributed by atoms with E-state index < -0.39 is 0 Å². The van der Waals surface area contributed by atoms with Crippen molar-refractivity contribution in [3.05, 3.63) is 95.8 Å². The quantitative estimate of drug-likeness (QED) is 0.707. The van der Waals surface area contributed by atoms with E-state index in [1.54, 1.807) is 48.7 Å². The van der Waals surface area contributed by atoms with Gasteiger partial charge >= 0.3 is 0 Å². The van der Waals surface area contributed by atoms with Crippen molar-refractivity contribution in [1.29, 1.82) is 0 Å². The van der Waals surface area contributed by atoms with Gasteiger partial charge in [-0.2, -0.15) is 0 Å². The van der Waals surface area contributed by atoms with E-state index in [0.29, 0.717) is 16.9 Å². The monoisotopic (exact) mass is 355 g/mol. The highest BCUT2D eigenvalue weighted by molar-refractivity contribution is 5.99. The van der Waals surface area contributed by atoms with E-state index in [0.717, 1.165) is 5.56 Å². The van der Waals surface area contributed by atoms with Crippen LogP contribution in [0.1, 0.15) is 21.6 Å². The van der Waals surface area contributed by atoms with Crippen LogP contribution in [0.2, 0.25) is 0 Å². The molecule has 132 valence electrons. The van der Waals surface area contributed by atoms with Gasteiger partial charge in [-0.1, -0.05) is 36.3 Å². The number of amides is 2. The van der Waals surface area contributed by atoms with Crippen molar-refractivity contribution in [2.45, 2.75) is 0 Å². The molecule has 0 atom stereocenters. The Morgan fingerprint density at radius 3 is 2.48 bits per heavy atom. The maximum Gasteiger partial charge on any atom is 0.251 e. The summed E-state index contributed by atoms with van der Waals surface area (Å²) >= 11 is 0. The van der Waals surface area contributed by atoms with Gasteiger partial charge in [0.05, 0.1) is 6.54 Å². The predicted octanol–water partition coefficient (Wildman–Crippen LogP) is 2.85.